The summed E-state index contributed by atoms with van der Waals surface area (Å²) in [6.07, 6.45) is -37.6. The molecule has 0 amide bonds. The fourth-order valence-corrected chi connectivity index (χ4v) is 8.99. The quantitative estimate of drug-likeness (QED) is 0.0165. The van der Waals surface area contributed by atoms with Gasteiger partial charge in [0.25, 0.3) is 0 Å². The Morgan fingerprint density at radius 2 is 0.859 bits per heavy atom. The Labute approximate surface area is 441 Å². The summed E-state index contributed by atoms with van der Waals surface area (Å²) in [5, 5.41) is 114. The minimum Gasteiger partial charge on any atom is -0.462 e. The van der Waals surface area contributed by atoms with Gasteiger partial charge in [-0.15, -0.1) is 0 Å². The zero-order valence-corrected chi connectivity index (χ0v) is 44.4. The van der Waals surface area contributed by atoms with Crippen LogP contribution >= 0.6 is 23.5 Å². The molecule has 3 saturated heterocycles. The fourth-order valence-electron chi connectivity index (χ4n) is 6.68. The van der Waals surface area contributed by atoms with Gasteiger partial charge in [-0.25, -0.2) is 13.7 Å². The summed E-state index contributed by atoms with van der Waals surface area (Å²) in [4.78, 5) is 77.2. The lowest BCUT2D eigenvalue weighted by Gasteiger charge is -2.46. The van der Waals surface area contributed by atoms with Crippen molar-refractivity contribution in [3.8, 4) is 0 Å². The number of esters is 4. The van der Waals surface area contributed by atoms with Crippen LogP contribution in [0.3, 0.4) is 0 Å². The molecule has 0 bridgehead atoms. The van der Waals surface area contributed by atoms with Crippen molar-refractivity contribution >= 4 is 47.3 Å². The molecule has 0 aliphatic carbocycles. The highest BCUT2D eigenvalue weighted by Crippen LogP contribution is 2.47. The number of ether oxygens (including phenoxy) is 10. The normalized spacial score (nSPS) is 33.4. The third-order valence-electron chi connectivity index (χ3n) is 10.6. The maximum Gasteiger partial charge on any atom is 0.472 e. The van der Waals surface area contributed by atoms with Crippen LogP contribution in [0.25, 0.3) is 0 Å². The van der Waals surface area contributed by atoms with E-state index in [-0.39, 0.29) is 0 Å². The maximum atomic E-state index is 13.2. The zero-order chi connectivity index (χ0) is 58.9. The summed E-state index contributed by atoms with van der Waals surface area (Å²) in [5.74, 6) is -3.45. The third kappa shape index (κ3) is 23.4. The van der Waals surface area contributed by atoms with E-state index in [2.05, 4.69) is 4.52 Å². The van der Waals surface area contributed by atoms with Gasteiger partial charge < -0.3 is 118 Å². The lowest BCUT2D eigenvalue weighted by Crippen LogP contribution is -2.65. The van der Waals surface area contributed by atoms with Gasteiger partial charge in [0.1, 0.15) is 98.7 Å². The lowest BCUT2D eigenvalue weighted by atomic mass is 9.97. The van der Waals surface area contributed by atoms with Crippen LogP contribution in [0.1, 0.15) is 27.7 Å². The van der Waals surface area contributed by atoms with Crippen molar-refractivity contribution in [2.24, 2.45) is 0 Å². The largest absolute Gasteiger partial charge is 0.472 e. The highest BCUT2D eigenvalue weighted by atomic mass is 31.2. The SMILES string of the molecule is CC(=O)OCC(CO[C@H]1O[C@H](COP(=O)(O)OCC(COC(C)=O)OC(C)=O)[C@@H](O)[C@H](O)[C@H]1O[C@@H]1O[C@H](COP(=O)(O)OCC(COP(=O)(O)OCC(O)CO)O[C@H]2O[C@H](CO)[C@@H](O)[C@H](O)[C@H]2O)[C@@H](O)[C@H](O)[C@H]1O)OC(C)=O. The minimum atomic E-state index is -5.49. The van der Waals surface area contributed by atoms with Crippen molar-refractivity contribution in [1.29, 1.82) is 0 Å². The molecule has 0 aromatic carbocycles. The van der Waals surface area contributed by atoms with E-state index < -0.39 is 237 Å². The summed E-state index contributed by atoms with van der Waals surface area (Å²) < 4.78 is 120. The smallest absolute Gasteiger partial charge is 0.462 e. The monoisotopic (exact) mass is 1210 g/mol. The molecule has 0 spiro atoms. The first-order valence-corrected chi connectivity index (χ1v) is 27.5. The van der Waals surface area contributed by atoms with Crippen LogP contribution < -0.4 is 0 Å². The second-order valence-corrected chi connectivity index (χ2v) is 21.4. The van der Waals surface area contributed by atoms with Gasteiger partial charge in [-0.2, -0.15) is 0 Å². The number of hydrogen-bond donors (Lipinski definition) is 14. The molecular formula is C38H67O37P3. The zero-order valence-electron chi connectivity index (χ0n) is 41.7. The van der Waals surface area contributed by atoms with Gasteiger partial charge in [0.05, 0.1) is 59.5 Å². The molecule has 0 radical (unpaired) electrons. The lowest BCUT2D eigenvalue weighted by molar-refractivity contribution is -0.368. The van der Waals surface area contributed by atoms with Crippen LogP contribution in [0.15, 0.2) is 0 Å². The number of aliphatic hydroxyl groups excluding tert-OH is 11. The Balaban J connectivity index is 1.81. The summed E-state index contributed by atoms with van der Waals surface area (Å²) >= 11 is 0. The van der Waals surface area contributed by atoms with E-state index >= 15 is 0 Å². The van der Waals surface area contributed by atoms with Crippen molar-refractivity contribution in [3.63, 3.8) is 0 Å². The van der Waals surface area contributed by atoms with Crippen LogP contribution in [0.5, 0.6) is 0 Å². The molecule has 14 N–H and O–H groups in total. The van der Waals surface area contributed by atoms with Crippen LogP contribution in [0.4, 0.5) is 0 Å². The van der Waals surface area contributed by atoms with Crippen molar-refractivity contribution in [3.05, 3.63) is 0 Å². The summed E-state index contributed by atoms with van der Waals surface area (Å²) in [7, 11) is -15.8. The molecule has 456 valence electrons. The standard InChI is InChI=1S/C38H67O37P3/c1-16(41)60-8-21(69-18(3)43)10-62-38-35(32(51)29(48)26(74-38)15-68-77(56,57)64-11-22(70-19(4)44)9-61-17(2)42)75-37-34(53)31(50)28(47)25(73-37)14-67-78(58,59)66-13-23(12-65-76(54,55)63-7-20(45)5-39)71-36-33(52)30(49)27(46)24(6-40)72-36/h20-40,45-53H,5-15H2,1-4H3,(H,54,55)(H,56,57)(H,58,59)/t20?,21?,22?,23?,24-,25-,26-,27-,28-,29-,30+,31+,32+,33-,34-,35-,36+,37+,38+/m1/s1. The highest BCUT2D eigenvalue weighted by Gasteiger charge is 2.52. The number of rotatable bonds is 33. The van der Waals surface area contributed by atoms with E-state index in [0.717, 1.165) is 27.7 Å². The van der Waals surface area contributed by atoms with E-state index in [0.29, 0.717) is 0 Å². The van der Waals surface area contributed by atoms with Gasteiger partial charge in [-0.05, 0) is 0 Å². The van der Waals surface area contributed by atoms with Crippen molar-refractivity contribution in [2.75, 3.05) is 72.7 Å². The molecule has 22 atom stereocenters. The van der Waals surface area contributed by atoms with Crippen molar-refractivity contribution in [1.82, 2.24) is 0 Å². The Morgan fingerprint density at radius 1 is 0.462 bits per heavy atom. The van der Waals surface area contributed by atoms with Crippen molar-refractivity contribution in [2.45, 2.75) is 144 Å². The first kappa shape index (κ1) is 69.8. The van der Waals surface area contributed by atoms with E-state index in [1.165, 1.54) is 0 Å². The number of hydrogen-bond acceptors (Lipinski definition) is 34. The third-order valence-corrected chi connectivity index (χ3v) is 13.4. The molecule has 0 aromatic rings. The molecule has 3 aliphatic heterocycles. The van der Waals surface area contributed by atoms with E-state index in [1.54, 1.807) is 0 Å². The Kier molecular flexibility index (Phi) is 29.0. The molecule has 78 heavy (non-hydrogen) atoms. The molecule has 3 fully saturated rings. The van der Waals surface area contributed by atoms with E-state index in [4.69, 9.17) is 75.1 Å². The van der Waals surface area contributed by atoms with E-state index in [9.17, 15) is 98.6 Å². The van der Waals surface area contributed by atoms with Gasteiger partial charge in [-0.1, -0.05) is 0 Å². The van der Waals surface area contributed by atoms with Crippen LogP contribution in [0.2, 0.25) is 0 Å². The molecular weight excluding hydrogens is 1140 g/mol. The van der Waals surface area contributed by atoms with Crippen LogP contribution in [-0.2, 0) is 107 Å². The van der Waals surface area contributed by atoms with Crippen LogP contribution in [-0.4, -0.2) is 284 Å². The number of phosphoric acid groups is 3. The van der Waals surface area contributed by atoms with Gasteiger partial charge in [0, 0.05) is 27.7 Å². The minimum absolute atomic E-state index is 0.609. The molecule has 0 saturated carbocycles. The maximum absolute atomic E-state index is 13.2. The van der Waals surface area contributed by atoms with Gasteiger partial charge in [0.15, 0.2) is 31.1 Å². The number of aliphatic hydroxyl groups is 11. The number of phosphoric ester groups is 3. The predicted octanol–water partition coefficient (Wildman–Crippen LogP) is -7.43. The molecule has 37 nitrogen and oxygen atoms in total. The number of carbonyl (C=O) groups is 4. The first-order valence-electron chi connectivity index (χ1n) is 23.0. The Bertz CT molecular complexity index is 2020. The van der Waals surface area contributed by atoms with Crippen LogP contribution in [0, 0.1) is 0 Å². The summed E-state index contributed by atoms with van der Waals surface area (Å²) in [6, 6.07) is 0. The predicted molar refractivity (Wildman–Crippen MR) is 239 cm³/mol. The highest BCUT2D eigenvalue weighted by molar-refractivity contribution is 7.47. The second-order valence-electron chi connectivity index (χ2n) is 17.0. The van der Waals surface area contributed by atoms with Gasteiger partial charge in [0.2, 0.25) is 0 Å². The summed E-state index contributed by atoms with van der Waals surface area (Å²) in [5.41, 5.74) is 0. The van der Waals surface area contributed by atoms with E-state index in [1.807, 2.05) is 0 Å². The molecule has 3 heterocycles. The van der Waals surface area contributed by atoms with Crippen molar-refractivity contribution < 1.29 is 178 Å². The van der Waals surface area contributed by atoms with Gasteiger partial charge in [-0.3, -0.25) is 46.3 Å². The topological polar surface area (TPSA) is 550 Å². The molecule has 7 unspecified atom stereocenters. The molecule has 3 rings (SSSR count). The Morgan fingerprint density at radius 3 is 1.32 bits per heavy atom. The molecule has 3 aliphatic rings. The number of carbonyl (C=O) groups excluding carboxylic acids is 4. The Hall–Kier alpha value is -2.47. The average Bonchev–Trinajstić information content (AvgIpc) is 3.36. The molecule has 40 heteroatoms. The fraction of sp³-hybridized carbons (Fsp3) is 0.895. The summed E-state index contributed by atoms with van der Waals surface area (Å²) in [6.45, 7) is -6.49. The first-order chi connectivity index (χ1) is 36.3. The van der Waals surface area contributed by atoms with Gasteiger partial charge >= 0.3 is 47.3 Å². The molecule has 0 aromatic heterocycles. The second kappa shape index (κ2) is 32.4. The average molecular weight is 1210 g/mol.